The van der Waals surface area contributed by atoms with Crippen molar-refractivity contribution in [3.05, 3.63) is 69.7 Å². The molecule has 7 heteroatoms. The van der Waals surface area contributed by atoms with Crippen LogP contribution in [0.5, 0.6) is 0 Å². The first kappa shape index (κ1) is 25.5. The van der Waals surface area contributed by atoms with Gasteiger partial charge in [0, 0.05) is 31.0 Å². The number of oxime groups is 1. The molecule has 1 fully saturated rings. The average molecular weight is 490 g/mol. The Kier molecular flexibility index (Phi) is 9.60. The smallest absolute Gasteiger partial charge is 0.253 e. The molecular weight excluding hydrogens is 457 g/mol. The molecule has 1 N–H and O–H groups in total. The molecule has 1 saturated heterocycles. The van der Waals surface area contributed by atoms with Gasteiger partial charge in [0.05, 0.1) is 15.8 Å². The van der Waals surface area contributed by atoms with E-state index >= 15 is 0 Å². The third-order valence-electron chi connectivity index (χ3n) is 6.62. The van der Waals surface area contributed by atoms with Crippen LogP contribution in [0.1, 0.15) is 54.4 Å². The molecule has 5 nitrogen and oxygen atoms in total. The molecule has 0 saturated carbocycles. The number of likely N-dealkylation sites (N-methyl/N-ethyl adjacent to an activating group) is 1. The van der Waals surface area contributed by atoms with E-state index in [9.17, 15) is 10.0 Å². The molecule has 0 bridgehead atoms. The maximum atomic E-state index is 12.9. The molecule has 0 unspecified atom stereocenters. The van der Waals surface area contributed by atoms with E-state index in [0.29, 0.717) is 28.1 Å². The quantitative estimate of drug-likeness (QED) is 0.259. The summed E-state index contributed by atoms with van der Waals surface area (Å²) in [6, 6.07) is 15.1. The molecule has 178 valence electrons. The van der Waals surface area contributed by atoms with Gasteiger partial charge in [0.1, 0.15) is 0 Å². The van der Waals surface area contributed by atoms with Crippen molar-refractivity contribution in [2.24, 2.45) is 11.1 Å². The summed E-state index contributed by atoms with van der Waals surface area (Å²) in [4.78, 5) is 17.2. The van der Waals surface area contributed by atoms with Gasteiger partial charge in [0.2, 0.25) is 0 Å². The predicted octanol–water partition coefficient (Wildman–Crippen LogP) is 6.19. The average Bonchev–Trinajstić information content (AvgIpc) is 2.85. The van der Waals surface area contributed by atoms with Crippen molar-refractivity contribution in [1.29, 1.82) is 0 Å². The van der Waals surface area contributed by atoms with Crippen LogP contribution < -0.4 is 0 Å². The lowest BCUT2D eigenvalue weighted by atomic mass is 9.89. The lowest BCUT2D eigenvalue weighted by molar-refractivity contribution is 0.0781. The summed E-state index contributed by atoms with van der Waals surface area (Å²) < 4.78 is 0. The minimum absolute atomic E-state index is 0.0110. The summed E-state index contributed by atoms with van der Waals surface area (Å²) in [5, 5.41) is 13.8. The van der Waals surface area contributed by atoms with E-state index in [4.69, 9.17) is 23.2 Å². The molecule has 2 aromatic rings. The van der Waals surface area contributed by atoms with Crippen molar-refractivity contribution in [2.75, 3.05) is 33.2 Å². The van der Waals surface area contributed by atoms with Crippen molar-refractivity contribution >= 4 is 34.8 Å². The third-order valence-corrected chi connectivity index (χ3v) is 7.36. The van der Waals surface area contributed by atoms with Crippen LogP contribution in [0.4, 0.5) is 0 Å². The van der Waals surface area contributed by atoms with E-state index in [1.54, 1.807) is 4.90 Å². The normalized spacial score (nSPS) is 16.5. The second-order valence-corrected chi connectivity index (χ2v) is 9.59. The van der Waals surface area contributed by atoms with Crippen molar-refractivity contribution in [3.8, 4) is 0 Å². The Morgan fingerprint density at radius 2 is 1.85 bits per heavy atom. The molecule has 0 radical (unpaired) electrons. The molecule has 1 heterocycles. The standard InChI is InChI=1S/C26H33Cl2N3O2/c1-3-25(29-33)19-11-14-31(15-12-19)16-13-22(21-9-10-23(27)24(28)17-21)18-30(2)26(32)20-7-5-4-6-8-20/h4-10,17,19,22,33H,3,11-16,18H2,1-2H3/b29-25-/t22-/m1/s1. The number of nitrogens with zero attached hydrogens (tertiary/aromatic N) is 3. The Hall–Kier alpha value is -2.08. The van der Waals surface area contributed by atoms with Crippen LogP contribution in [0, 0.1) is 5.92 Å². The monoisotopic (exact) mass is 489 g/mol. The Labute approximate surface area is 207 Å². The minimum Gasteiger partial charge on any atom is -0.411 e. The van der Waals surface area contributed by atoms with Crippen molar-refractivity contribution < 1.29 is 10.0 Å². The summed E-state index contributed by atoms with van der Waals surface area (Å²) in [5.74, 6) is 0.522. The van der Waals surface area contributed by atoms with Crippen LogP contribution in [0.15, 0.2) is 53.7 Å². The molecule has 1 aliphatic rings. The van der Waals surface area contributed by atoms with Gasteiger partial charge in [-0.05, 0) is 75.1 Å². The number of rotatable bonds is 9. The molecule has 33 heavy (non-hydrogen) atoms. The summed E-state index contributed by atoms with van der Waals surface area (Å²) in [7, 11) is 1.85. The second-order valence-electron chi connectivity index (χ2n) is 8.77. The molecule has 2 aromatic carbocycles. The number of hydrogen-bond acceptors (Lipinski definition) is 4. The van der Waals surface area contributed by atoms with Gasteiger partial charge in [0.15, 0.2) is 0 Å². The highest BCUT2D eigenvalue weighted by molar-refractivity contribution is 6.42. The number of benzene rings is 2. The molecule has 3 rings (SSSR count). The fraction of sp³-hybridized carbons (Fsp3) is 0.462. The topological polar surface area (TPSA) is 56.1 Å². The Balaban J connectivity index is 1.66. The number of likely N-dealkylation sites (tertiary alicyclic amines) is 1. The van der Waals surface area contributed by atoms with Gasteiger partial charge >= 0.3 is 0 Å². The molecule has 0 spiro atoms. The number of hydrogen-bond donors (Lipinski definition) is 1. The predicted molar refractivity (Wildman–Crippen MR) is 136 cm³/mol. The number of carbonyl (C=O) groups excluding carboxylic acids is 1. The van der Waals surface area contributed by atoms with Gasteiger partial charge in [-0.2, -0.15) is 0 Å². The fourth-order valence-electron chi connectivity index (χ4n) is 4.61. The van der Waals surface area contributed by atoms with Crippen LogP contribution in [-0.4, -0.2) is 59.9 Å². The van der Waals surface area contributed by atoms with Gasteiger partial charge < -0.3 is 15.0 Å². The number of amides is 1. The molecule has 1 atom stereocenters. The van der Waals surface area contributed by atoms with Gasteiger partial charge in [-0.3, -0.25) is 4.79 Å². The Morgan fingerprint density at radius 3 is 2.45 bits per heavy atom. The van der Waals surface area contributed by atoms with Crippen LogP contribution in [-0.2, 0) is 0 Å². The Bertz CT molecular complexity index is 944. The highest BCUT2D eigenvalue weighted by Crippen LogP contribution is 2.30. The molecular formula is C26H33Cl2N3O2. The molecule has 0 aromatic heterocycles. The van der Waals surface area contributed by atoms with Crippen molar-refractivity contribution in [1.82, 2.24) is 9.80 Å². The van der Waals surface area contributed by atoms with Gasteiger partial charge in [-0.25, -0.2) is 0 Å². The maximum absolute atomic E-state index is 12.9. The second kappa shape index (κ2) is 12.4. The lowest BCUT2D eigenvalue weighted by Gasteiger charge is -2.33. The van der Waals surface area contributed by atoms with E-state index in [-0.39, 0.29) is 11.8 Å². The van der Waals surface area contributed by atoms with E-state index in [2.05, 4.69) is 10.1 Å². The summed E-state index contributed by atoms with van der Waals surface area (Å²) in [5.41, 5.74) is 2.68. The number of halogens is 2. The van der Waals surface area contributed by atoms with Crippen LogP contribution in [0.2, 0.25) is 10.0 Å². The summed E-state index contributed by atoms with van der Waals surface area (Å²) >= 11 is 12.5. The van der Waals surface area contributed by atoms with Crippen molar-refractivity contribution in [3.63, 3.8) is 0 Å². The zero-order valence-corrected chi connectivity index (χ0v) is 20.9. The van der Waals surface area contributed by atoms with E-state index in [1.165, 1.54) is 0 Å². The number of piperidine rings is 1. The number of carbonyl (C=O) groups is 1. The zero-order valence-electron chi connectivity index (χ0n) is 19.4. The summed E-state index contributed by atoms with van der Waals surface area (Å²) in [6.45, 7) is 5.53. The largest absolute Gasteiger partial charge is 0.411 e. The van der Waals surface area contributed by atoms with Gasteiger partial charge in [-0.15, -0.1) is 0 Å². The first-order valence-electron chi connectivity index (χ1n) is 11.6. The highest BCUT2D eigenvalue weighted by Gasteiger charge is 2.25. The van der Waals surface area contributed by atoms with E-state index in [0.717, 1.165) is 56.6 Å². The maximum Gasteiger partial charge on any atom is 0.253 e. The highest BCUT2D eigenvalue weighted by atomic mass is 35.5. The molecule has 1 aliphatic heterocycles. The van der Waals surface area contributed by atoms with E-state index < -0.39 is 0 Å². The van der Waals surface area contributed by atoms with Crippen molar-refractivity contribution in [2.45, 2.75) is 38.5 Å². The minimum atomic E-state index is 0.0110. The molecule has 1 amide bonds. The van der Waals surface area contributed by atoms with Crippen LogP contribution in [0.3, 0.4) is 0 Å². The van der Waals surface area contributed by atoms with Gasteiger partial charge in [-0.1, -0.05) is 59.5 Å². The molecule has 0 aliphatic carbocycles. The first-order chi connectivity index (χ1) is 15.9. The van der Waals surface area contributed by atoms with Gasteiger partial charge in [0.25, 0.3) is 5.91 Å². The summed E-state index contributed by atoms with van der Waals surface area (Å²) in [6.07, 6.45) is 3.72. The third kappa shape index (κ3) is 6.95. The fourth-order valence-corrected chi connectivity index (χ4v) is 4.92. The zero-order chi connectivity index (χ0) is 23.8. The van der Waals surface area contributed by atoms with Crippen LogP contribution >= 0.6 is 23.2 Å². The SMILES string of the molecule is CC/C(=N/O)C1CCN(CC[C@H](CN(C)C(=O)c2ccccc2)c2ccc(Cl)c(Cl)c2)CC1. The van der Waals surface area contributed by atoms with E-state index in [1.807, 2.05) is 62.5 Å². The Morgan fingerprint density at radius 1 is 1.15 bits per heavy atom. The first-order valence-corrected chi connectivity index (χ1v) is 12.4. The van der Waals surface area contributed by atoms with Crippen LogP contribution in [0.25, 0.3) is 0 Å². The lowest BCUT2D eigenvalue weighted by Crippen LogP contribution is -2.38.